The van der Waals surface area contributed by atoms with Crippen LogP contribution < -0.4 is 4.74 Å². The van der Waals surface area contributed by atoms with E-state index in [1.807, 2.05) is 19.1 Å². The highest BCUT2D eigenvalue weighted by Crippen LogP contribution is 2.39. The van der Waals surface area contributed by atoms with Crippen molar-refractivity contribution in [1.82, 2.24) is 4.98 Å². The summed E-state index contributed by atoms with van der Waals surface area (Å²) >= 11 is 0. The number of benzene rings is 4. The molecule has 45 heavy (non-hydrogen) atoms. The Hall–Kier alpha value is -5.06. The summed E-state index contributed by atoms with van der Waals surface area (Å²) in [5, 5.41) is 0. The standard InChI is InChI=1S/C34H20F9NO/c1-2-3-4-18-5-10-31(44-17-18)19-6-8-23(25(35)11-19)20-12-27(37)32(28(38)13-20)34(42,43)45-22-7-9-24(26(36)16-22)21-14-29(39)33(41)30(40)15-21/h3-17H,2H2,1H3/b4-3+. The van der Waals surface area contributed by atoms with Crippen LogP contribution in [0, 0.1) is 40.7 Å². The lowest BCUT2D eigenvalue weighted by molar-refractivity contribution is -0.189. The SMILES string of the molecule is CC/C=C/c1ccc(-c2ccc(-c3cc(F)c(C(F)(F)Oc4ccc(-c5cc(F)c(F)c(F)c5)c(F)c4)c(F)c3)c(F)c2)nc1. The largest absolute Gasteiger partial charge is 0.432 e. The maximum atomic E-state index is 15.1. The summed E-state index contributed by atoms with van der Waals surface area (Å²) in [5.74, 6) is -11.6. The normalized spacial score (nSPS) is 11.8. The number of halogens is 9. The van der Waals surface area contributed by atoms with Gasteiger partial charge >= 0.3 is 6.11 Å². The van der Waals surface area contributed by atoms with Crippen LogP contribution >= 0.6 is 0 Å². The van der Waals surface area contributed by atoms with E-state index in [4.69, 9.17) is 0 Å². The van der Waals surface area contributed by atoms with E-state index in [9.17, 15) is 35.1 Å². The Kier molecular flexibility index (Phi) is 8.72. The molecule has 4 aromatic carbocycles. The number of aromatic nitrogens is 1. The van der Waals surface area contributed by atoms with Crippen LogP contribution in [-0.2, 0) is 6.11 Å². The molecule has 1 aromatic heterocycles. The highest BCUT2D eigenvalue weighted by Gasteiger charge is 2.41. The monoisotopic (exact) mass is 629 g/mol. The van der Waals surface area contributed by atoms with Gasteiger partial charge in [-0.1, -0.05) is 37.3 Å². The lowest BCUT2D eigenvalue weighted by Gasteiger charge is -2.20. The van der Waals surface area contributed by atoms with E-state index in [-0.39, 0.29) is 11.1 Å². The second-order valence-electron chi connectivity index (χ2n) is 9.81. The van der Waals surface area contributed by atoms with Gasteiger partial charge in [0, 0.05) is 29.0 Å². The third-order valence-electron chi connectivity index (χ3n) is 6.72. The second-order valence-corrected chi connectivity index (χ2v) is 9.81. The summed E-state index contributed by atoms with van der Waals surface area (Å²) in [5.41, 5.74) is -1.77. The minimum Gasteiger partial charge on any atom is -0.429 e. The number of allylic oxidation sites excluding steroid dienone is 1. The van der Waals surface area contributed by atoms with Gasteiger partial charge in [0.1, 0.15) is 34.6 Å². The quantitative estimate of drug-likeness (QED) is 0.126. The van der Waals surface area contributed by atoms with Gasteiger partial charge in [-0.3, -0.25) is 4.98 Å². The molecule has 0 saturated carbocycles. The van der Waals surface area contributed by atoms with E-state index in [0.717, 1.165) is 30.2 Å². The average Bonchev–Trinajstić information content (AvgIpc) is 2.98. The van der Waals surface area contributed by atoms with Crippen molar-refractivity contribution in [2.24, 2.45) is 0 Å². The summed E-state index contributed by atoms with van der Waals surface area (Å²) in [6.07, 6.45) is 1.57. The molecule has 0 unspecified atom stereocenters. The van der Waals surface area contributed by atoms with E-state index in [0.29, 0.717) is 41.6 Å². The van der Waals surface area contributed by atoms with Crippen LogP contribution in [0.1, 0.15) is 24.5 Å². The van der Waals surface area contributed by atoms with Crippen LogP contribution in [-0.4, -0.2) is 4.98 Å². The number of ether oxygens (including phenoxy) is 1. The van der Waals surface area contributed by atoms with E-state index < -0.39 is 69.3 Å². The number of hydrogen-bond donors (Lipinski definition) is 0. The molecule has 0 saturated heterocycles. The molecule has 5 aromatic rings. The molecule has 5 rings (SSSR count). The molecule has 1 heterocycles. The molecule has 0 fully saturated rings. The first-order valence-corrected chi connectivity index (χ1v) is 13.3. The van der Waals surface area contributed by atoms with E-state index in [1.165, 1.54) is 12.1 Å². The van der Waals surface area contributed by atoms with Gasteiger partial charge in [0.2, 0.25) is 0 Å². The van der Waals surface area contributed by atoms with E-state index in [1.54, 1.807) is 18.3 Å². The average molecular weight is 630 g/mol. The lowest BCUT2D eigenvalue weighted by atomic mass is 9.99. The second kappa shape index (κ2) is 12.5. The van der Waals surface area contributed by atoms with Crippen molar-refractivity contribution in [3.63, 3.8) is 0 Å². The van der Waals surface area contributed by atoms with Crippen LogP contribution in [0.25, 0.3) is 39.6 Å². The van der Waals surface area contributed by atoms with Gasteiger partial charge in [0.25, 0.3) is 0 Å². The maximum Gasteiger partial charge on any atom is 0.432 e. The van der Waals surface area contributed by atoms with Gasteiger partial charge in [-0.05, 0) is 71.6 Å². The Balaban J connectivity index is 1.39. The van der Waals surface area contributed by atoms with Crippen LogP contribution in [0.5, 0.6) is 5.75 Å². The summed E-state index contributed by atoms with van der Waals surface area (Å²) in [4.78, 5) is 4.28. The minimum atomic E-state index is -4.68. The molecule has 0 N–H and O–H groups in total. The van der Waals surface area contributed by atoms with Gasteiger partial charge in [-0.15, -0.1) is 0 Å². The molecule has 2 nitrogen and oxygen atoms in total. The molecular weight excluding hydrogens is 609 g/mol. The Bertz CT molecular complexity index is 1870. The van der Waals surface area contributed by atoms with Crippen molar-refractivity contribution in [2.75, 3.05) is 0 Å². The summed E-state index contributed by atoms with van der Waals surface area (Å²) in [6.45, 7) is 1.98. The van der Waals surface area contributed by atoms with Crippen molar-refractivity contribution in [3.05, 3.63) is 137 Å². The van der Waals surface area contributed by atoms with Gasteiger partial charge in [0.05, 0.1) is 5.69 Å². The number of hydrogen-bond acceptors (Lipinski definition) is 2. The zero-order valence-electron chi connectivity index (χ0n) is 23.1. The molecule has 230 valence electrons. The molecule has 0 aliphatic heterocycles. The zero-order chi connectivity index (χ0) is 32.5. The van der Waals surface area contributed by atoms with Gasteiger partial charge in [-0.2, -0.15) is 8.78 Å². The minimum absolute atomic E-state index is 0.277. The fourth-order valence-corrected chi connectivity index (χ4v) is 4.55. The van der Waals surface area contributed by atoms with E-state index >= 15 is 4.39 Å². The Morgan fingerprint density at radius 3 is 1.73 bits per heavy atom. The van der Waals surface area contributed by atoms with Crippen LogP contribution in [0.3, 0.4) is 0 Å². The molecule has 0 aliphatic rings. The predicted octanol–water partition coefficient (Wildman–Crippen LogP) is 10.6. The highest BCUT2D eigenvalue weighted by atomic mass is 19.3. The third-order valence-corrected chi connectivity index (χ3v) is 6.72. The molecule has 0 spiro atoms. The molecule has 0 atom stereocenters. The number of nitrogens with zero attached hydrogens (tertiary/aromatic N) is 1. The zero-order valence-corrected chi connectivity index (χ0v) is 23.1. The van der Waals surface area contributed by atoms with E-state index in [2.05, 4.69) is 9.72 Å². The van der Waals surface area contributed by atoms with Crippen molar-refractivity contribution in [2.45, 2.75) is 19.5 Å². The van der Waals surface area contributed by atoms with Crippen molar-refractivity contribution < 1.29 is 44.3 Å². The van der Waals surface area contributed by atoms with Crippen LogP contribution in [0.2, 0.25) is 0 Å². The summed E-state index contributed by atoms with van der Waals surface area (Å²) in [6, 6.07) is 11.2. The Morgan fingerprint density at radius 2 is 1.20 bits per heavy atom. The van der Waals surface area contributed by atoms with Gasteiger partial charge in [-0.25, -0.2) is 30.7 Å². The first kappa shape index (κ1) is 31.4. The number of pyridine rings is 1. The third kappa shape index (κ3) is 6.57. The molecule has 11 heteroatoms. The lowest BCUT2D eigenvalue weighted by Crippen LogP contribution is -2.25. The Morgan fingerprint density at radius 1 is 0.644 bits per heavy atom. The summed E-state index contributed by atoms with van der Waals surface area (Å²) in [7, 11) is 0. The van der Waals surface area contributed by atoms with Crippen molar-refractivity contribution in [1.29, 1.82) is 0 Å². The van der Waals surface area contributed by atoms with Crippen LogP contribution in [0.15, 0.2) is 85.1 Å². The first-order valence-electron chi connectivity index (χ1n) is 13.3. The first-order chi connectivity index (χ1) is 21.4. The van der Waals surface area contributed by atoms with Crippen molar-refractivity contribution in [3.8, 4) is 39.3 Å². The number of alkyl halides is 2. The fourth-order valence-electron chi connectivity index (χ4n) is 4.55. The summed E-state index contributed by atoms with van der Waals surface area (Å²) < 4.78 is 134. The maximum absolute atomic E-state index is 15.1. The molecular formula is C34H20F9NO. The Labute approximate surface area is 251 Å². The topological polar surface area (TPSA) is 22.1 Å². The van der Waals surface area contributed by atoms with Crippen molar-refractivity contribution >= 4 is 6.08 Å². The number of rotatable bonds is 8. The fraction of sp³-hybridized carbons (Fsp3) is 0.0882. The van der Waals surface area contributed by atoms with Crippen LogP contribution in [0.4, 0.5) is 39.5 Å². The molecule has 0 bridgehead atoms. The smallest absolute Gasteiger partial charge is 0.429 e. The predicted molar refractivity (Wildman–Crippen MR) is 151 cm³/mol. The van der Waals surface area contributed by atoms with Gasteiger partial charge < -0.3 is 4.74 Å². The molecule has 0 radical (unpaired) electrons. The van der Waals surface area contributed by atoms with Gasteiger partial charge in [0.15, 0.2) is 17.5 Å². The molecule has 0 amide bonds. The molecule has 0 aliphatic carbocycles. The highest BCUT2D eigenvalue weighted by molar-refractivity contribution is 5.70.